The van der Waals surface area contributed by atoms with Crippen molar-refractivity contribution in [1.29, 1.82) is 0 Å². The van der Waals surface area contributed by atoms with Crippen molar-refractivity contribution < 1.29 is 44.8 Å². The fraction of sp³-hybridized carbons (Fsp3) is 0.944. The van der Waals surface area contributed by atoms with Gasteiger partial charge in [-0.05, 0) is 80.0 Å². The van der Waals surface area contributed by atoms with Gasteiger partial charge in [0.1, 0.15) is 18.3 Å². The highest BCUT2D eigenvalue weighted by molar-refractivity contribution is 5.36. The number of aliphatic hydroxyl groups is 6. The van der Waals surface area contributed by atoms with Crippen molar-refractivity contribution in [2.24, 2.45) is 50.2 Å². The first-order chi connectivity index (χ1) is 20.9. The highest BCUT2D eigenvalue weighted by Gasteiger charge is 2.79. The second kappa shape index (κ2) is 9.97. The lowest BCUT2D eigenvalue weighted by molar-refractivity contribution is -0.329. The number of ether oxygens (including phenoxy) is 3. The highest BCUT2D eigenvalue weighted by atomic mass is 16.7. The molecule has 6 N–H and O–H groups in total. The zero-order valence-electron chi connectivity index (χ0n) is 28.3. The van der Waals surface area contributed by atoms with E-state index in [4.69, 9.17) is 14.2 Å². The second-order valence-corrected chi connectivity index (χ2v) is 18.2. The van der Waals surface area contributed by atoms with Gasteiger partial charge in [-0.2, -0.15) is 0 Å². The first-order valence-corrected chi connectivity index (χ1v) is 17.5. The molecule has 0 amide bonds. The molecule has 1 spiro atoms. The average molecular weight is 635 g/mol. The van der Waals surface area contributed by atoms with Gasteiger partial charge in [0.05, 0.1) is 43.2 Å². The lowest BCUT2D eigenvalue weighted by Gasteiger charge is -2.73. The molecule has 0 unspecified atom stereocenters. The average Bonchev–Trinajstić information content (AvgIpc) is 3.24. The summed E-state index contributed by atoms with van der Waals surface area (Å²) in [5.74, 6) is 0.427. The maximum absolute atomic E-state index is 12.0. The Balaban J connectivity index is 1.23. The van der Waals surface area contributed by atoms with Crippen LogP contribution in [0.15, 0.2) is 12.2 Å². The Hall–Kier alpha value is -0.620. The van der Waals surface area contributed by atoms with Gasteiger partial charge < -0.3 is 44.8 Å². The smallest absolute Gasteiger partial charge is 0.186 e. The molecule has 45 heavy (non-hydrogen) atoms. The van der Waals surface area contributed by atoms with Crippen molar-refractivity contribution in [2.45, 2.75) is 148 Å². The molecule has 2 heterocycles. The van der Waals surface area contributed by atoms with Crippen LogP contribution in [0, 0.1) is 50.2 Å². The summed E-state index contributed by atoms with van der Waals surface area (Å²) >= 11 is 0. The zero-order chi connectivity index (χ0) is 32.8. The van der Waals surface area contributed by atoms with Gasteiger partial charge in [0.15, 0.2) is 6.29 Å². The summed E-state index contributed by atoms with van der Waals surface area (Å²) in [5.41, 5.74) is -2.49. The van der Waals surface area contributed by atoms with Crippen LogP contribution in [0.25, 0.3) is 0 Å². The predicted octanol–water partition coefficient (Wildman–Crippen LogP) is 2.92. The van der Waals surface area contributed by atoms with Gasteiger partial charge in [-0.25, -0.2) is 0 Å². The molecular weight excluding hydrogens is 576 g/mol. The summed E-state index contributed by atoms with van der Waals surface area (Å²) in [6.45, 7) is 15.6. The summed E-state index contributed by atoms with van der Waals surface area (Å²) < 4.78 is 19.3. The number of allylic oxidation sites excluding steroid dienone is 1. The third kappa shape index (κ3) is 3.88. The lowest BCUT2D eigenvalue weighted by atomic mass is 9.32. The van der Waals surface area contributed by atoms with Crippen LogP contribution >= 0.6 is 0 Å². The molecule has 0 aromatic rings. The zero-order valence-corrected chi connectivity index (χ0v) is 28.3. The molecule has 4 saturated carbocycles. The van der Waals surface area contributed by atoms with Crippen LogP contribution in [-0.4, -0.2) is 98.5 Å². The fourth-order valence-corrected chi connectivity index (χ4v) is 12.8. The minimum absolute atomic E-state index is 0.0837. The van der Waals surface area contributed by atoms with Crippen LogP contribution in [0.4, 0.5) is 0 Å². The molecule has 0 aromatic heterocycles. The molecule has 7 aliphatic rings. The summed E-state index contributed by atoms with van der Waals surface area (Å²) in [5, 5.41) is 65.6. The van der Waals surface area contributed by atoms with Crippen LogP contribution in [0.2, 0.25) is 0 Å². The number of aliphatic hydroxyl groups excluding tert-OH is 6. The van der Waals surface area contributed by atoms with Crippen LogP contribution in [0.5, 0.6) is 0 Å². The molecule has 0 radical (unpaired) electrons. The fourth-order valence-electron chi connectivity index (χ4n) is 12.8. The van der Waals surface area contributed by atoms with E-state index in [2.05, 4.69) is 53.7 Å². The second-order valence-electron chi connectivity index (χ2n) is 18.2. The van der Waals surface area contributed by atoms with Crippen molar-refractivity contribution in [3.8, 4) is 0 Å². The molecule has 7 rings (SSSR count). The maximum atomic E-state index is 12.0. The molecule has 6 fully saturated rings. The molecule has 2 saturated heterocycles. The standard InChI is InChI=1S/C36H58O9/c1-19-26(40)27(41)28(42)29(44-19)45-25-10-11-31(4)20(32(25,5)17-37)8-12-33(6)21(31)9-13-36-22-14-30(2,3)23(38)16-35(22,18-43-36)24(39)15-34(33,36)7/h9,13,19-29,37-42H,8,10-12,14-18H2,1-7H3/t19-,20-,21-,22-,23+,24+,25+,26+,27+,28-,29+,31+,32+,33-,34+,35-,36+/m1/s1. The quantitative estimate of drug-likeness (QED) is 0.204. The van der Waals surface area contributed by atoms with E-state index in [1.54, 1.807) is 6.92 Å². The van der Waals surface area contributed by atoms with E-state index < -0.39 is 65.4 Å². The summed E-state index contributed by atoms with van der Waals surface area (Å²) in [6.07, 6.45) is 2.96. The van der Waals surface area contributed by atoms with E-state index in [0.717, 1.165) is 25.7 Å². The Labute approximate surface area is 268 Å². The van der Waals surface area contributed by atoms with E-state index in [1.165, 1.54) is 0 Å². The SMILES string of the molecule is C[C@H]1O[C@@H](O[C@H]2CC[C@@]3(C)[C@@H](CC[C@]4(C)[C@@H]3C=C[C@]35OC[C@@]6(C[C@H](O)C(C)(C)C[C@H]63)[C@@H](O)C[C@]54C)[C@]2(C)CO)[C@H](O)[C@@H](O)[C@H]1O. The van der Waals surface area contributed by atoms with E-state index in [1.807, 2.05) is 0 Å². The molecule has 2 aliphatic heterocycles. The molecule has 9 heteroatoms. The monoisotopic (exact) mass is 634 g/mol. The summed E-state index contributed by atoms with van der Waals surface area (Å²) in [6, 6.07) is 0. The number of fused-ring (bicyclic) bond motifs is 4. The Morgan fingerprint density at radius 2 is 1.53 bits per heavy atom. The van der Waals surface area contributed by atoms with Crippen molar-refractivity contribution >= 4 is 0 Å². The van der Waals surface area contributed by atoms with Gasteiger partial charge in [-0.1, -0.05) is 53.7 Å². The number of hydrogen-bond donors (Lipinski definition) is 6. The van der Waals surface area contributed by atoms with Crippen molar-refractivity contribution in [2.75, 3.05) is 13.2 Å². The normalized spacial score (nSPS) is 61.6. The van der Waals surface area contributed by atoms with Crippen LogP contribution in [0.3, 0.4) is 0 Å². The van der Waals surface area contributed by atoms with Gasteiger partial charge in [0, 0.05) is 22.2 Å². The maximum Gasteiger partial charge on any atom is 0.186 e. The first-order valence-electron chi connectivity index (χ1n) is 17.5. The van der Waals surface area contributed by atoms with Crippen molar-refractivity contribution in [3.05, 3.63) is 12.2 Å². The van der Waals surface area contributed by atoms with Gasteiger partial charge in [0.25, 0.3) is 0 Å². The topological polar surface area (TPSA) is 149 Å². The van der Waals surface area contributed by atoms with Gasteiger partial charge in [-0.3, -0.25) is 0 Å². The minimum Gasteiger partial charge on any atom is -0.396 e. The molecule has 256 valence electrons. The molecule has 0 aromatic carbocycles. The van der Waals surface area contributed by atoms with Crippen LogP contribution in [-0.2, 0) is 14.2 Å². The summed E-state index contributed by atoms with van der Waals surface area (Å²) in [7, 11) is 0. The lowest BCUT2D eigenvalue weighted by Crippen LogP contribution is -2.73. The van der Waals surface area contributed by atoms with Crippen molar-refractivity contribution in [3.63, 3.8) is 0 Å². The Morgan fingerprint density at radius 1 is 0.822 bits per heavy atom. The third-order valence-electron chi connectivity index (χ3n) is 16.0. The largest absolute Gasteiger partial charge is 0.396 e. The Bertz CT molecular complexity index is 1220. The van der Waals surface area contributed by atoms with Crippen LogP contribution in [0.1, 0.15) is 93.4 Å². The molecular formula is C36H58O9. The molecule has 2 bridgehead atoms. The van der Waals surface area contributed by atoms with E-state index in [-0.39, 0.29) is 46.0 Å². The minimum atomic E-state index is -1.39. The van der Waals surface area contributed by atoms with Crippen LogP contribution < -0.4 is 0 Å². The Morgan fingerprint density at radius 3 is 2.22 bits per heavy atom. The van der Waals surface area contributed by atoms with Gasteiger partial charge >= 0.3 is 0 Å². The summed E-state index contributed by atoms with van der Waals surface area (Å²) in [4.78, 5) is 0. The Kier molecular flexibility index (Phi) is 7.29. The first kappa shape index (κ1) is 32.9. The van der Waals surface area contributed by atoms with Crippen molar-refractivity contribution in [1.82, 2.24) is 0 Å². The van der Waals surface area contributed by atoms with E-state index in [9.17, 15) is 30.6 Å². The van der Waals surface area contributed by atoms with E-state index >= 15 is 0 Å². The molecule has 5 aliphatic carbocycles. The third-order valence-corrected chi connectivity index (χ3v) is 16.0. The highest BCUT2D eigenvalue weighted by Crippen LogP contribution is 2.79. The molecule has 9 nitrogen and oxygen atoms in total. The van der Waals surface area contributed by atoms with E-state index in [0.29, 0.717) is 25.9 Å². The predicted molar refractivity (Wildman–Crippen MR) is 166 cm³/mol. The number of hydrogen-bond acceptors (Lipinski definition) is 9. The number of rotatable bonds is 3. The molecule has 17 atom stereocenters. The van der Waals surface area contributed by atoms with Gasteiger partial charge in [0.2, 0.25) is 0 Å². The van der Waals surface area contributed by atoms with Gasteiger partial charge in [-0.15, -0.1) is 0 Å².